The Morgan fingerprint density at radius 2 is 2.11 bits per heavy atom. The van der Waals surface area contributed by atoms with E-state index >= 15 is 0 Å². The Bertz CT molecular complexity index is 430. The van der Waals surface area contributed by atoms with Gasteiger partial charge in [0, 0.05) is 19.2 Å². The van der Waals surface area contributed by atoms with Crippen LogP contribution in [0.1, 0.15) is 12.8 Å². The van der Waals surface area contributed by atoms with Crippen LogP contribution in [0, 0.1) is 0 Å². The number of halogens is 1. The maximum atomic E-state index is 11.8. The van der Waals surface area contributed by atoms with Crippen LogP contribution in [0.2, 0.25) is 0 Å². The van der Waals surface area contributed by atoms with E-state index in [4.69, 9.17) is 9.47 Å². The second-order valence-corrected chi connectivity index (χ2v) is 5.03. The maximum Gasteiger partial charge on any atom is 0.260 e. The van der Waals surface area contributed by atoms with Crippen LogP contribution in [-0.2, 0) is 4.79 Å². The zero-order chi connectivity index (χ0) is 13.0. The average molecular weight is 314 g/mol. The molecule has 4 nitrogen and oxygen atoms in total. The molecule has 98 valence electrons. The number of amides is 1. The number of nitrogens with zero attached hydrogens (tertiary/aromatic N) is 1. The SMILES string of the molecule is COc1ccc(Br)c(OCC(=O)N2CCCC2)c1. The molecule has 1 aliphatic rings. The van der Waals surface area contributed by atoms with Gasteiger partial charge in [-0.2, -0.15) is 0 Å². The van der Waals surface area contributed by atoms with Crippen molar-refractivity contribution in [1.29, 1.82) is 0 Å². The van der Waals surface area contributed by atoms with Gasteiger partial charge in [0.2, 0.25) is 0 Å². The van der Waals surface area contributed by atoms with Crippen molar-refractivity contribution in [2.75, 3.05) is 26.8 Å². The molecular formula is C13H16BrNO3. The van der Waals surface area contributed by atoms with Crippen LogP contribution in [0.4, 0.5) is 0 Å². The van der Waals surface area contributed by atoms with Crippen LogP contribution >= 0.6 is 15.9 Å². The highest BCUT2D eigenvalue weighted by atomic mass is 79.9. The standard InChI is InChI=1S/C13H16BrNO3/c1-17-10-4-5-11(14)12(8-10)18-9-13(16)15-6-2-3-7-15/h4-5,8H,2-3,6-7,9H2,1H3. The number of carbonyl (C=O) groups excluding carboxylic acids is 1. The molecule has 1 heterocycles. The van der Waals surface area contributed by atoms with Gasteiger partial charge in [0.15, 0.2) is 6.61 Å². The predicted octanol–water partition coefficient (Wildman–Crippen LogP) is 2.46. The molecule has 1 amide bonds. The summed E-state index contributed by atoms with van der Waals surface area (Å²) in [6.07, 6.45) is 2.18. The van der Waals surface area contributed by atoms with E-state index in [-0.39, 0.29) is 12.5 Å². The molecule has 18 heavy (non-hydrogen) atoms. The number of carbonyl (C=O) groups is 1. The minimum absolute atomic E-state index is 0.0437. The number of ether oxygens (including phenoxy) is 2. The number of rotatable bonds is 4. The highest BCUT2D eigenvalue weighted by Crippen LogP contribution is 2.29. The zero-order valence-electron chi connectivity index (χ0n) is 10.3. The first kappa shape index (κ1) is 13.2. The Balaban J connectivity index is 1.94. The molecule has 0 spiro atoms. The number of hydrogen-bond acceptors (Lipinski definition) is 3. The van der Waals surface area contributed by atoms with Gasteiger partial charge in [0.25, 0.3) is 5.91 Å². The molecule has 0 unspecified atom stereocenters. The van der Waals surface area contributed by atoms with Crippen LogP contribution in [-0.4, -0.2) is 37.6 Å². The molecule has 0 radical (unpaired) electrons. The van der Waals surface area contributed by atoms with E-state index in [0.29, 0.717) is 11.5 Å². The average Bonchev–Trinajstić information content (AvgIpc) is 2.91. The Morgan fingerprint density at radius 1 is 1.39 bits per heavy atom. The first-order valence-corrected chi connectivity index (χ1v) is 6.74. The molecule has 5 heteroatoms. The molecule has 0 bridgehead atoms. The second kappa shape index (κ2) is 6.09. The summed E-state index contributed by atoms with van der Waals surface area (Å²) in [5.41, 5.74) is 0. The molecule has 0 atom stereocenters. The van der Waals surface area contributed by atoms with Gasteiger partial charge in [0.05, 0.1) is 11.6 Å². The summed E-state index contributed by atoms with van der Waals surface area (Å²) in [4.78, 5) is 13.7. The minimum Gasteiger partial charge on any atom is -0.497 e. The van der Waals surface area contributed by atoms with Crippen molar-refractivity contribution in [3.63, 3.8) is 0 Å². The van der Waals surface area contributed by atoms with E-state index in [9.17, 15) is 4.79 Å². The van der Waals surface area contributed by atoms with Crippen molar-refractivity contribution in [3.8, 4) is 11.5 Å². The Hall–Kier alpha value is -1.23. The summed E-state index contributed by atoms with van der Waals surface area (Å²) in [5.74, 6) is 1.38. The van der Waals surface area contributed by atoms with Crippen LogP contribution in [0.25, 0.3) is 0 Å². The summed E-state index contributed by atoms with van der Waals surface area (Å²) >= 11 is 3.39. The largest absolute Gasteiger partial charge is 0.497 e. The highest BCUT2D eigenvalue weighted by molar-refractivity contribution is 9.10. The number of hydrogen-bond donors (Lipinski definition) is 0. The van der Waals surface area contributed by atoms with Gasteiger partial charge in [-0.1, -0.05) is 0 Å². The third-order valence-electron chi connectivity index (χ3n) is 2.95. The van der Waals surface area contributed by atoms with Gasteiger partial charge in [-0.25, -0.2) is 0 Å². The van der Waals surface area contributed by atoms with E-state index in [2.05, 4.69) is 15.9 Å². The third kappa shape index (κ3) is 3.16. The molecule has 2 rings (SSSR count). The zero-order valence-corrected chi connectivity index (χ0v) is 11.9. The summed E-state index contributed by atoms with van der Waals surface area (Å²) in [5, 5.41) is 0. The van der Waals surface area contributed by atoms with Crippen molar-refractivity contribution in [1.82, 2.24) is 4.90 Å². The van der Waals surface area contributed by atoms with Crippen LogP contribution in [0.3, 0.4) is 0 Å². The minimum atomic E-state index is 0.0437. The van der Waals surface area contributed by atoms with Gasteiger partial charge in [-0.05, 0) is 40.9 Å². The summed E-state index contributed by atoms with van der Waals surface area (Å²) in [6, 6.07) is 5.44. The lowest BCUT2D eigenvalue weighted by Crippen LogP contribution is -2.32. The quantitative estimate of drug-likeness (QED) is 0.857. The van der Waals surface area contributed by atoms with Crippen molar-refractivity contribution in [2.45, 2.75) is 12.8 Å². The molecular weight excluding hydrogens is 298 g/mol. The van der Waals surface area contributed by atoms with E-state index in [1.807, 2.05) is 17.0 Å². The summed E-state index contributed by atoms with van der Waals surface area (Å²) in [7, 11) is 1.60. The Morgan fingerprint density at radius 3 is 2.78 bits per heavy atom. The fourth-order valence-electron chi connectivity index (χ4n) is 1.92. The fraction of sp³-hybridized carbons (Fsp3) is 0.462. The summed E-state index contributed by atoms with van der Waals surface area (Å²) < 4.78 is 11.5. The Kier molecular flexibility index (Phi) is 4.47. The van der Waals surface area contributed by atoms with Gasteiger partial charge < -0.3 is 14.4 Å². The van der Waals surface area contributed by atoms with Crippen molar-refractivity contribution in [3.05, 3.63) is 22.7 Å². The highest BCUT2D eigenvalue weighted by Gasteiger charge is 2.18. The molecule has 1 aromatic rings. The van der Waals surface area contributed by atoms with Gasteiger partial charge >= 0.3 is 0 Å². The van der Waals surface area contributed by atoms with Crippen LogP contribution in [0.5, 0.6) is 11.5 Å². The predicted molar refractivity (Wildman–Crippen MR) is 72.0 cm³/mol. The molecule has 0 N–H and O–H groups in total. The van der Waals surface area contributed by atoms with Crippen molar-refractivity contribution < 1.29 is 14.3 Å². The first-order valence-electron chi connectivity index (χ1n) is 5.95. The number of likely N-dealkylation sites (tertiary alicyclic amines) is 1. The Labute approximate surface area is 115 Å². The molecule has 0 aliphatic carbocycles. The lowest BCUT2D eigenvalue weighted by molar-refractivity contribution is -0.132. The monoisotopic (exact) mass is 313 g/mol. The lowest BCUT2D eigenvalue weighted by Gasteiger charge is -2.16. The lowest BCUT2D eigenvalue weighted by atomic mass is 10.3. The molecule has 1 saturated heterocycles. The van der Waals surface area contributed by atoms with Crippen LogP contribution < -0.4 is 9.47 Å². The van der Waals surface area contributed by atoms with Crippen molar-refractivity contribution in [2.24, 2.45) is 0 Å². The third-order valence-corrected chi connectivity index (χ3v) is 3.60. The van der Waals surface area contributed by atoms with Crippen molar-refractivity contribution >= 4 is 21.8 Å². The molecule has 1 aromatic carbocycles. The van der Waals surface area contributed by atoms with E-state index in [1.54, 1.807) is 13.2 Å². The van der Waals surface area contributed by atoms with E-state index in [0.717, 1.165) is 30.4 Å². The van der Waals surface area contributed by atoms with E-state index in [1.165, 1.54) is 0 Å². The molecule has 0 aromatic heterocycles. The maximum absolute atomic E-state index is 11.8. The van der Waals surface area contributed by atoms with Gasteiger partial charge in [-0.3, -0.25) is 4.79 Å². The second-order valence-electron chi connectivity index (χ2n) is 4.17. The number of benzene rings is 1. The van der Waals surface area contributed by atoms with Gasteiger partial charge in [-0.15, -0.1) is 0 Å². The summed E-state index contributed by atoms with van der Waals surface area (Å²) in [6.45, 7) is 1.77. The molecule has 0 saturated carbocycles. The fourth-order valence-corrected chi connectivity index (χ4v) is 2.28. The smallest absolute Gasteiger partial charge is 0.260 e. The normalized spacial score (nSPS) is 14.7. The van der Waals surface area contributed by atoms with Crippen LogP contribution in [0.15, 0.2) is 22.7 Å². The topological polar surface area (TPSA) is 38.8 Å². The number of methoxy groups -OCH3 is 1. The first-order chi connectivity index (χ1) is 8.70. The molecule has 1 aliphatic heterocycles. The molecule has 1 fully saturated rings. The van der Waals surface area contributed by atoms with Gasteiger partial charge in [0.1, 0.15) is 11.5 Å². The van der Waals surface area contributed by atoms with E-state index < -0.39 is 0 Å².